The van der Waals surface area contributed by atoms with Gasteiger partial charge in [-0.3, -0.25) is 4.79 Å². The Morgan fingerprint density at radius 2 is 2.00 bits per heavy atom. The van der Waals surface area contributed by atoms with Crippen LogP contribution in [0.3, 0.4) is 0 Å². The molecule has 80 valence electrons. The van der Waals surface area contributed by atoms with Crippen molar-refractivity contribution in [3.63, 3.8) is 0 Å². The van der Waals surface area contributed by atoms with Gasteiger partial charge in [-0.2, -0.15) is 0 Å². The highest BCUT2D eigenvalue weighted by Gasteiger charge is 2.22. The third kappa shape index (κ3) is 2.04. The second-order valence-corrected chi connectivity index (χ2v) is 4.46. The van der Waals surface area contributed by atoms with Gasteiger partial charge >= 0.3 is 0 Å². The van der Waals surface area contributed by atoms with Gasteiger partial charge in [0.25, 0.3) is 5.91 Å². The number of carbonyl (C=O) groups is 1. The minimum atomic E-state index is -0.464. The first-order valence-electron chi connectivity index (χ1n) is 4.93. The van der Waals surface area contributed by atoms with E-state index in [1.165, 1.54) is 6.07 Å². The molecule has 4 heteroatoms. The Morgan fingerprint density at radius 1 is 1.33 bits per heavy atom. The van der Waals surface area contributed by atoms with Crippen LogP contribution >= 0.6 is 15.9 Å². The fourth-order valence-corrected chi connectivity index (χ4v) is 2.13. The van der Waals surface area contributed by atoms with Gasteiger partial charge in [0.1, 0.15) is 5.82 Å². The molecule has 15 heavy (non-hydrogen) atoms. The van der Waals surface area contributed by atoms with Crippen molar-refractivity contribution in [2.75, 3.05) is 13.1 Å². The van der Waals surface area contributed by atoms with Crippen LogP contribution in [0.25, 0.3) is 0 Å². The van der Waals surface area contributed by atoms with Gasteiger partial charge in [-0.1, -0.05) is 6.07 Å². The molecule has 2 nitrogen and oxygen atoms in total. The number of benzene rings is 1. The molecule has 0 spiro atoms. The van der Waals surface area contributed by atoms with Crippen LogP contribution in [0.1, 0.15) is 23.2 Å². The number of carbonyl (C=O) groups excluding carboxylic acids is 1. The van der Waals surface area contributed by atoms with Crippen LogP contribution in [0.4, 0.5) is 4.39 Å². The molecule has 0 aromatic heterocycles. The molecule has 1 aromatic rings. The Balaban J connectivity index is 2.28. The molecular formula is C11H11BrFNO. The van der Waals surface area contributed by atoms with Crippen molar-refractivity contribution in [1.82, 2.24) is 4.90 Å². The lowest BCUT2D eigenvalue weighted by Crippen LogP contribution is -2.28. The summed E-state index contributed by atoms with van der Waals surface area (Å²) in [4.78, 5) is 13.6. The summed E-state index contributed by atoms with van der Waals surface area (Å²) in [5, 5.41) is 0. The van der Waals surface area contributed by atoms with Crippen molar-refractivity contribution in [3.05, 3.63) is 34.1 Å². The van der Waals surface area contributed by atoms with E-state index in [-0.39, 0.29) is 11.5 Å². The van der Waals surface area contributed by atoms with E-state index in [9.17, 15) is 9.18 Å². The van der Waals surface area contributed by atoms with Gasteiger partial charge in [-0.05, 0) is 40.9 Å². The third-order valence-electron chi connectivity index (χ3n) is 2.58. The first-order chi connectivity index (χ1) is 7.20. The number of nitrogens with zero attached hydrogens (tertiary/aromatic N) is 1. The molecule has 0 aliphatic carbocycles. The molecule has 0 radical (unpaired) electrons. The highest BCUT2D eigenvalue weighted by Crippen LogP contribution is 2.21. The molecule has 0 saturated carbocycles. The molecule has 1 aliphatic rings. The second kappa shape index (κ2) is 4.31. The standard InChI is InChI=1S/C11H11BrFNO/c12-9-5-3-4-8(10(9)13)11(15)14-6-1-2-7-14/h3-5H,1-2,6-7H2. The monoisotopic (exact) mass is 271 g/mol. The summed E-state index contributed by atoms with van der Waals surface area (Å²) in [6.07, 6.45) is 2.03. The molecule has 1 fully saturated rings. The van der Waals surface area contributed by atoms with Crippen molar-refractivity contribution in [2.45, 2.75) is 12.8 Å². The maximum absolute atomic E-state index is 13.6. The number of hydrogen-bond acceptors (Lipinski definition) is 1. The summed E-state index contributed by atoms with van der Waals surface area (Å²) < 4.78 is 14.0. The summed E-state index contributed by atoms with van der Waals surface area (Å²) in [6.45, 7) is 1.48. The van der Waals surface area contributed by atoms with Gasteiger partial charge in [-0.15, -0.1) is 0 Å². The van der Waals surface area contributed by atoms with Crippen LogP contribution in [0, 0.1) is 5.82 Å². The van der Waals surface area contributed by atoms with Crippen LogP contribution in [0.2, 0.25) is 0 Å². The predicted octanol–water partition coefficient (Wildman–Crippen LogP) is 2.82. The topological polar surface area (TPSA) is 20.3 Å². The van der Waals surface area contributed by atoms with E-state index in [0.717, 1.165) is 25.9 Å². The maximum Gasteiger partial charge on any atom is 0.256 e. The molecule has 1 aromatic carbocycles. The zero-order chi connectivity index (χ0) is 10.8. The highest BCUT2D eigenvalue weighted by molar-refractivity contribution is 9.10. The molecule has 1 amide bonds. The Kier molecular flexibility index (Phi) is 3.05. The molecule has 2 rings (SSSR count). The molecule has 0 atom stereocenters. The number of rotatable bonds is 1. The molecule has 1 heterocycles. The van der Waals surface area contributed by atoms with Crippen LogP contribution in [-0.2, 0) is 0 Å². The van der Waals surface area contributed by atoms with Gasteiger partial charge < -0.3 is 4.90 Å². The van der Waals surface area contributed by atoms with Crippen LogP contribution in [0.5, 0.6) is 0 Å². The Bertz CT molecular complexity index is 388. The Labute approximate surface area is 96.2 Å². The lowest BCUT2D eigenvalue weighted by Gasteiger charge is -2.15. The van der Waals surface area contributed by atoms with E-state index >= 15 is 0 Å². The SMILES string of the molecule is O=C(c1cccc(Br)c1F)N1CCCC1. The van der Waals surface area contributed by atoms with E-state index in [4.69, 9.17) is 0 Å². The lowest BCUT2D eigenvalue weighted by atomic mass is 10.2. The first kappa shape index (κ1) is 10.6. The van der Waals surface area contributed by atoms with Crippen molar-refractivity contribution in [1.29, 1.82) is 0 Å². The third-order valence-corrected chi connectivity index (χ3v) is 3.19. The average molecular weight is 272 g/mol. The maximum atomic E-state index is 13.6. The zero-order valence-electron chi connectivity index (χ0n) is 8.17. The fourth-order valence-electron chi connectivity index (χ4n) is 1.76. The van der Waals surface area contributed by atoms with Gasteiger partial charge in [0, 0.05) is 13.1 Å². The van der Waals surface area contributed by atoms with Crippen LogP contribution in [0.15, 0.2) is 22.7 Å². The van der Waals surface area contributed by atoms with Gasteiger partial charge in [0.05, 0.1) is 10.0 Å². The fraction of sp³-hybridized carbons (Fsp3) is 0.364. The molecular weight excluding hydrogens is 261 g/mol. The van der Waals surface area contributed by atoms with E-state index in [1.54, 1.807) is 17.0 Å². The van der Waals surface area contributed by atoms with E-state index < -0.39 is 5.82 Å². The molecule has 1 aliphatic heterocycles. The number of likely N-dealkylation sites (tertiary alicyclic amines) is 1. The van der Waals surface area contributed by atoms with Crippen LogP contribution < -0.4 is 0 Å². The molecule has 1 saturated heterocycles. The van der Waals surface area contributed by atoms with Gasteiger partial charge in [0.15, 0.2) is 0 Å². The second-order valence-electron chi connectivity index (χ2n) is 3.60. The van der Waals surface area contributed by atoms with E-state index in [0.29, 0.717) is 4.47 Å². The zero-order valence-corrected chi connectivity index (χ0v) is 9.76. The first-order valence-corrected chi connectivity index (χ1v) is 5.73. The van der Waals surface area contributed by atoms with E-state index in [2.05, 4.69) is 15.9 Å². The highest BCUT2D eigenvalue weighted by atomic mass is 79.9. The van der Waals surface area contributed by atoms with Crippen molar-refractivity contribution >= 4 is 21.8 Å². The summed E-state index contributed by atoms with van der Waals surface area (Å²) in [5.41, 5.74) is 0.159. The quantitative estimate of drug-likeness (QED) is 0.769. The lowest BCUT2D eigenvalue weighted by molar-refractivity contribution is 0.0788. The molecule has 0 bridgehead atoms. The number of hydrogen-bond donors (Lipinski definition) is 0. The number of halogens is 2. The molecule has 0 N–H and O–H groups in total. The van der Waals surface area contributed by atoms with Gasteiger partial charge in [0.2, 0.25) is 0 Å². The Hall–Kier alpha value is -0.900. The largest absolute Gasteiger partial charge is 0.339 e. The summed E-state index contributed by atoms with van der Waals surface area (Å²) >= 11 is 3.08. The summed E-state index contributed by atoms with van der Waals surface area (Å²) in [7, 11) is 0. The summed E-state index contributed by atoms with van der Waals surface area (Å²) in [5.74, 6) is -0.666. The Morgan fingerprint density at radius 3 is 2.67 bits per heavy atom. The number of amides is 1. The minimum absolute atomic E-state index is 0.159. The van der Waals surface area contributed by atoms with Crippen molar-refractivity contribution < 1.29 is 9.18 Å². The average Bonchev–Trinajstić information content (AvgIpc) is 2.74. The minimum Gasteiger partial charge on any atom is -0.339 e. The van der Waals surface area contributed by atoms with Crippen molar-refractivity contribution in [3.8, 4) is 0 Å². The van der Waals surface area contributed by atoms with E-state index in [1.807, 2.05) is 0 Å². The summed E-state index contributed by atoms with van der Waals surface area (Å²) in [6, 6.07) is 4.80. The predicted molar refractivity (Wildman–Crippen MR) is 59.2 cm³/mol. The van der Waals surface area contributed by atoms with Gasteiger partial charge in [-0.25, -0.2) is 4.39 Å². The smallest absolute Gasteiger partial charge is 0.256 e. The normalized spacial score (nSPS) is 15.7. The van der Waals surface area contributed by atoms with Crippen molar-refractivity contribution in [2.24, 2.45) is 0 Å². The molecule has 0 unspecified atom stereocenters. The van der Waals surface area contributed by atoms with Crippen LogP contribution in [-0.4, -0.2) is 23.9 Å².